The number of thioether (sulfide) groups is 1. The van der Waals surface area contributed by atoms with Crippen LogP contribution >= 0.6 is 27.7 Å². The van der Waals surface area contributed by atoms with E-state index in [-0.39, 0.29) is 5.78 Å². The molecule has 0 aromatic heterocycles. The van der Waals surface area contributed by atoms with Crippen molar-refractivity contribution in [2.24, 2.45) is 0 Å². The lowest BCUT2D eigenvalue weighted by atomic mass is 10.1. The second-order valence-electron chi connectivity index (χ2n) is 4.99. The third-order valence-electron chi connectivity index (χ3n) is 3.01. The number of ketones is 1. The lowest BCUT2D eigenvalue weighted by molar-refractivity contribution is 0.101. The molecule has 0 unspecified atom stereocenters. The molecule has 2 aromatic rings. The molecular weight excluding hydrogens is 332 g/mol. The van der Waals surface area contributed by atoms with Crippen molar-refractivity contribution in [1.29, 1.82) is 0 Å². The van der Waals surface area contributed by atoms with Crippen LogP contribution in [0.2, 0.25) is 0 Å². The van der Waals surface area contributed by atoms with Crippen LogP contribution in [0, 0.1) is 13.8 Å². The van der Waals surface area contributed by atoms with Crippen LogP contribution in [0.5, 0.6) is 0 Å². The summed E-state index contributed by atoms with van der Waals surface area (Å²) in [5, 5.41) is 0. The Morgan fingerprint density at radius 3 is 2.30 bits per heavy atom. The SMILES string of the molecule is CC(=O)c1ccc(SCc2cc(C)cc(C)c2)c(Br)c1. The van der Waals surface area contributed by atoms with Crippen LogP contribution in [0.25, 0.3) is 0 Å². The fourth-order valence-corrected chi connectivity index (χ4v) is 3.72. The van der Waals surface area contributed by atoms with E-state index in [1.54, 1.807) is 18.7 Å². The minimum atomic E-state index is 0.0940. The monoisotopic (exact) mass is 348 g/mol. The van der Waals surface area contributed by atoms with Crippen molar-refractivity contribution in [3.8, 4) is 0 Å². The maximum atomic E-state index is 11.3. The van der Waals surface area contributed by atoms with E-state index in [0.717, 1.165) is 20.7 Å². The second kappa shape index (κ2) is 6.59. The van der Waals surface area contributed by atoms with Gasteiger partial charge in [-0.25, -0.2) is 0 Å². The van der Waals surface area contributed by atoms with Gasteiger partial charge in [0, 0.05) is 20.7 Å². The highest BCUT2D eigenvalue weighted by molar-refractivity contribution is 9.10. The maximum absolute atomic E-state index is 11.3. The average molecular weight is 349 g/mol. The number of carbonyl (C=O) groups is 1. The van der Waals surface area contributed by atoms with Crippen molar-refractivity contribution >= 4 is 33.5 Å². The molecule has 0 aliphatic heterocycles. The first kappa shape index (κ1) is 15.3. The number of hydrogen-bond acceptors (Lipinski definition) is 2. The first-order chi connectivity index (χ1) is 9.45. The normalized spacial score (nSPS) is 10.6. The molecular formula is C17H17BrOS. The van der Waals surface area contributed by atoms with Gasteiger partial charge < -0.3 is 0 Å². The fraction of sp³-hybridized carbons (Fsp3) is 0.235. The molecule has 0 heterocycles. The lowest BCUT2D eigenvalue weighted by Crippen LogP contribution is -1.92. The van der Waals surface area contributed by atoms with E-state index >= 15 is 0 Å². The van der Waals surface area contributed by atoms with Crippen LogP contribution in [0.4, 0.5) is 0 Å². The van der Waals surface area contributed by atoms with E-state index in [0.29, 0.717) is 0 Å². The van der Waals surface area contributed by atoms with Crippen molar-refractivity contribution in [1.82, 2.24) is 0 Å². The molecule has 2 aromatic carbocycles. The van der Waals surface area contributed by atoms with Gasteiger partial charge >= 0.3 is 0 Å². The van der Waals surface area contributed by atoms with Crippen LogP contribution < -0.4 is 0 Å². The smallest absolute Gasteiger partial charge is 0.159 e. The van der Waals surface area contributed by atoms with E-state index in [9.17, 15) is 4.79 Å². The third kappa shape index (κ3) is 3.97. The van der Waals surface area contributed by atoms with Gasteiger partial charge in [-0.2, -0.15) is 0 Å². The zero-order valence-electron chi connectivity index (χ0n) is 11.9. The summed E-state index contributed by atoms with van der Waals surface area (Å²) in [6, 6.07) is 12.4. The summed E-state index contributed by atoms with van der Waals surface area (Å²) in [6.45, 7) is 5.83. The molecule has 0 spiro atoms. The van der Waals surface area contributed by atoms with E-state index in [1.165, 1.54) is 16.7 Å². The molecule has 0 radical (unpaired) electrons. The lowest BCUT2D eigenvalue weighted by Gasteiger charge is -2.08. The summed E-state index contributed by atoms with van der Waals surface area (Å²) in [5.74, 6) is 1.03. The van der Waals surface area contributed by atoms with Crippen LogP contribution in [-0.4, -0.2) is 5.78 Å². The Bertz CT molecular complexity index is 629. The highest BCUT2D eigenvalue weighted by Crippen LogP contribution is 2.31. The number of hydrogen-bond donors (Lipinski definition) is 0. The maximum Gasteiger partial charge on any atom is 0.159 e. The standard InChI is InChI=1S/C17H17BrOS/c1-11-6-12(2)8-14(7-11)10-20-17-5-4-15(13(3)19)9-16(17)18/h4-9H,10H2,1-3H3. The molecule has 0 aliphatic carbocycles. The van der Waals surface area contributed by atoms with E-state index in [2.05, 4.69) is 48.0 Å². The molecule has 0 aliphatic rings. The molecule has 0 N–H and O–H groups in total. The highest BCUT2D eigenvalue weighted by atomic mass is 79.9. The molecule has 0 atom stereocenters. The van der Waals surface area contributed by atoms with Crippen LogP contribution in [-0.2, 0) is 5.75 Å². The Kier molecular flexibility index (Phi) is 5.06. The number of halogens is 1. The fourth-order valence-electron chi connectivity index (χ4n) is 2.15. The zero-order valence-corrected chi connectivity index (χ0v) is 14.3. The van der Waals surface area contributed by atoms with Gasteiger partial charge in [0.05, 0.1) is 0 Å². The number of benzene rings is 2. The van der Waals surface area contributed by atoms with Gasteiger partial charge in [0.15, 0.2) is 5.78 Å². The Morgan fingerprint density at radius 2 is 1.75 bits per heavy atom. The van der Waals surface area contributed by atoms with E-state index in [4.69, 9.17) is 0 Å². The largest absolute Gasteiger partial charge is 0.295 e. The summed E-state index contributed by atoms with van der Waals surface area (Å²) < 4.78 is 0.986. The van der Waals surface area contributed by atoms with Gasteiger partial charge in [0.1, 0.15) is 0 Å². The molecule has 20 heavy (non-hydrogen) atoms. The van der Waals surface area contributed by atoms with Crippen molar-refractivity contribution < 1.29 is 4.79 Å². The molecule has 2 rings (SSSR count). The minimum Gasteiger partial charge on any atom is -0.295 e. The molecule has 0 saturated carbocycles. The average Bonchev–Trinajstić information content (AvgIpc) is 2.36. The van der Waals surface area contributed by atoms with E-state index < -0.39 is 0 Å². The molecule has 0 saturated heterocycles. The third-order valence-corrected chi connectivity index (χ3v) is 5.08. The van der Waals surface area contributed by atoms with Gasteiger partial charge in [-0.3, -0.25) is 4.79 Å². The van der Waals surface area contributed by atoms with Crippen LogP contribution in [0.15, 0.2) is 45.8 Å². The van der Waals surface area contributed by atoms with Gasteiger partial charge in [0.25, 0.3) is 0 Å². The number of rotatable bonds is 4. The Labute approximate surface area is 132 Å². The van der Waals surface area contributed by atoms with Crippen LogP contribution in [0.1, 0.15) is 34.0 Å². The van der Waals surface area contributed by atoms with Crippen molar-refractivity contribution in [3.05, 3.63) is 63.1 Å². The quantitative estimate of drug-likeness (QED) is 0.531. The number of Topliss-reactive ketones (excluding diaryl/α,β-unsaturated/α-hetero) is 1. The van der Waals surface area contributed by atoms with Crippen LogP contribution in [0.3, 0.4) is 0 Å². The molecule has 3 heteroatoms. The molecule has 0 amide bonds. The number of carbonyl (C=O) groups excluding carboxylic acids is 1. The predicted molar refractivity (Wildman–Crippen MR) is 89.6 cm³/mol. The summed E-state index contributed by atoms with van der Waals surface area (Å²) in [5.41, 5.74) is 4.67. The highest BCUT2D eigenvalue weighted by Gasteiger charge is 2.06. The summed E-state index contributed by atoms with van der Waals surface area (Å²) in [6.07, 6.45) is 0. The van der Waals surface area contributed by atoms with Crippen molar-refractivity contribution in [2.45, 2.75) is 31.4 Å². The number of aryl methyl sites for hydroxylation is 2. The topological polar surface area (TPSA) is 17.1 Å². The second-order valence-corrected chi connectivity index (χ2v) is 6.86. The van der Waals surface area contributed by atoms with Gasteiger partial charge in [-0.15, -0.1) is 11.8 Å². The van der Waals surface area contributed by atoms with E-state index in [1.807, 2.05) is 18.2 Å². The summed E-state index contributed by atoms with van der Waals surface area (Å²) >= 11 is 5.32. The Morgan fingerprint density at radius 1 is 1.10 bits per heavy atom. The minimum absolute atomic E-state index is 0.0940. The van der Waals surface area contributed by atoms with Gasteiger partial charge in [-0.1, -0.05) is 35.4 Å². The molecule has 0 bridgehead atoms. The van der Waals surface area contributed by atoms with Gasteiger partial charge in [-0.05, 0) is 54.4 Å². The first-order valence-electron chi connectivity index (χ1n) is 6.46. The molecule has 104 valence electrons. The zero-order chi connectivity index (χ0) is 14.7. The summed E-state index contributed by atoms with van der Waals surface area (Å²) in [7, 11) is 0. The van der Waals surface area contributed by atoms with Crippen molar-refractivity contribution in [2.75, 3.05) is 0 Å². The van der Waals surface area contributed by atoms with Crippen molar-refractivity contribution in [3.63, 3.8) is 0 Å². The predicted octanol–water partition coefficient (Wildman–Crippen LogP) is 5.56. The Hall–Kier alpha value is -1.06. The van der Waals surface area contributed by atoms with Gasteiger partial charge in [0.2, 0.25) is 0 Å². The first-order valence-corrected chi connectivity index (χ1v) is 8.24. The molecule has 0 fully saturated rings. The molecule has 1 nitrogen and oxygen atoms in total. The summed E-state index contributed by atoms with van der Waals surface area (Å²) in [4.78, 5) is 12.5. The Balaban J connectivity index is 2.12.